The van der Waals surface area contributed by atoms with Gasteiger partial charge in [0.25, 0.3) is 0 Å². The molecule has 2 aromatic carbocycles. The van der Waals surface area contributed by atoms with Gasteiger partial charge in [0.05, 0.1) is 5.56 Å². The highest BCUT2D eigenvalue weighted by molar-refractivity contribution is 7.43. The van der Waals surface area contributed by atoms with Crippen molar-refractivity contribution in [1.29, 1.82) is 0 Å². The fraction of sp³-hybridized carbons (Fsp3) is 0.174. The largest absolute Gasteiger partial charge is 0.451 e. The van der Waals surface area contributed by atoms with E-state index in [1.54, 1.807) is 0 Å². The lowest BCUT2D eigenvalue weighted by atomic mass is 9.99. The highest BCUT2D eigenvalue weighted by Gasteiger charge is 2.28. The normalized spacial score (nSPS) is 14.5. The second-order valence-corrected chi connectivity index (χ2v) is 8.76. The molecular formula is C23H21O2S+. The maximum atomic E-state index is 12.7. The van der Waals surface area contributed by atoms with Gasteiger partial charge in [0.15, 0.2) is 9.60 Å². The summed E-state index contributed by atoms with van der Waals surface area (Å²) in [5.41, 5.74) is 1.03. The number of hydrogen-bond donors (Lipinski definition) is 0. The zero-order chi connectivity index (χ0) is 18.1. The third kappa shape index (κ3) is 3.11. The summed E-state index contributed by atoms with van der Waals surface area (Å²) in [6.07, 6.45) is 7.12. The number of ether oxygens (including phenoxy) is 1. The van der Waals surface area contributed by atoms with E-state index in [2.05, 4.69) is 53.9 Å². The van der Waals surface area contributed by atoms with E-state index in [1.807, 2.05) is 38.1 Å². The Morgan fingerprint density at radius 2 is 1.92 bits per heavy atom. The molecule has 26 heavy (non-hydrogen) atoms. The number of fused-ring (bicyclic) bond motifs is 1. The number of thiophene rings is 1. The summed E-state index contributed by atoms with van der Waals surface area (Å²) in [5.74, 6) is -0.280. The van der Waals surface area contributed by atoms with Crippen molar-refractivity contribution in [3.05, 3.63) is 89.3 Å². The molecule has 1 aromatic heterocycles. The van der Waals surface area contributed by atoms with Gasteiger partial charge in [0.1, 0.15) is 11.0 Å². The molecule has 2 nitrogen and oxygen atoms in total. The molecule has 1 heterocycles. The average molecular weight is 361 g/mol. The molecular weight excluding hydrogens is 340 g/mol. The van der Waals surface area contributed by atoms with E-state index >= 15 is 0 Å². The minimum atomic E-state index is -0.623. The SMILES string of the molecule is CC(C)(OC(=O)c1cccc(-[s+]2ccc3ccccc32)c1)C1=CCC=C1. The monoisotopic (exact) mass is 361 g/mol. The molecule has 0 amide bonds. The van der Waals surface area contributed by atoms with Crippen LogP contribution in [0.25, 0.3) is 15.0 Å². The van der Waals surface area contributed by atoms with Crippen molar-refractivity contribution in [2.45, 2.75) is 25.9 Å². The molecule has 1 aliphatic rings. The van der Waals surface area contributed by atoms with Gasteiger partial charge in [0, 0.05) is 28.0 Å². The van der Waals surface area contributed by atoms with Gasteiger partial charge < -0.3 is 4.74 Å². The number of rotatable bonds is 4. The maximum Gasteiger partial charge on any atom is 0.339 e. The molecule has 3 heteroatoms. The summed E-state index contributed by atoms with van der Waals surface area (Å²) < 4.78 is 7.13. The molecule has 1 unspecified atom stereocenters. The minimum absolute atomic E-state index is 0.128. The average Bonchev–Trinajstić information content (AvgIpc) is 3.32. The quantitative estimate of drug-likeness (QED) is 0.397. The Kier molecular flexibility index (Phi) is 4.25. The van der Waals surface area contributed by atoms with Crippen LogP contribution in [0.15, 0.2) is 83.8 Å². The van der Waals surface area contributed by atoms with Gasteiger partial charge in [0.2, 0.25) is 0 Å². The Morgan fingerprint density at radius 1 is 1.08 bits per heavy atom. The fourth-order valence-electron chi connectivity index (χ4n) is 3.25. The van der Waals surface area contributed by atoms with Crippen LogP contribution in [0.3, 0.4) is 0 Å². The second-order valence-electron chi connectivity index (χ2n) is 6.90. The Labute approximate surface area is 156 Å². The van der Waals surface area contributed by atoms with Crippen molar-refractivity contribution in [3.63, 3.8) is 0 Å². The van der Waals surface area contributed by atoms with Gasteiger partial charge in [-0.05, 0) is 50.1 Å². The van der Waals surface area contributed by atoms with E-state index in [0.717, 1.165) is 16.9 Å². The first-order valence-corrected chi connectivity index (χ1v) is 10.0. The highest BCUT2D eigenvalue weighted by Crippen LogP contribution is 2.40. The summed E-state index contributed by atoms with van der Waals surface area (Å²) in [5, 5.41) is 3.47. The van der Waals surface area contributed by atoms with Crippen LogP contribution in [0.4, 0.5) is 0 Å². The molecule has 130 valence electrons. The molecule has 0 bridgehead atoms. The standard InChI is InChI=1S/C23H21O2S/c1-23(2,19-10-4-5-11-19)25-22(24)18-9-7-12-20(16-18)26-15-14-17-8-3-6-13-21(17)26/h3-4,6-16H,5H2,1-2H3/q+1. The molecule has 0 saturated heterocycles. The summed E-state index contributed by atoms with van der Waals surface area (Å²) in [4.78, 5) is 13.9. The Bertz CT molecular complexity index is 1040. The summed E-state index contributed by atoms with van der Waals surface area (Å²) in [6.45, 7) is 3.88. The number of allylic oxidation sites excluding steroid dienone is 2. The van der Waals surface area contributed by atoms with Crippen LogP contribution < -0.4 is 0 Å². The molecule has 0 saturated carbocycles. The summed E-state index contributed by atoms with van der Waals surface area (Å²) in [6, 6.07) is 18.4. The molecule has 0 N–H and O–H groups in total. The Hall–Kier alpha value is -2.65. The van der Waals surface area contributed by atoms with Gasteiger partial charge in [-0.25, -0.2) is 4.79 Å². The Balaban J connectivity index is 1.63. The van der Waals surface area contributed by atoms with Crippen LogP contribution in [-0.2, 0) is 4.74 Å². The smallest absolute Gasteiger partial charge is 0.339 e. The zero-order valence-corrected chi connectivity index (χ0v) is 15.8. The number of carbonyl (C=O) groups is 1. The van der Waals surface area contributed by atoms with E-state index < -0.39 is 5.60 Å². The lowest BCUT2D eigenvalue weighted by Gasteiger charge is -2.25. The van der Waals surface area contributed by atoms with Crippen LogP contribution in [-0.4, -0.2) is 11.6 Å². The van der Waals surface area contributed by atoms with Crippen LogP contribution >= 0.6 is 10.5 Å². The Morgan fingerprint density at radius 3 is 2.73 bits per heavy atom. The van der Waals surface area contributed by atoms with Crippen LogP contribution in [0, 0.1) is 0 Å². The van der Waals surface area contributed by atoms with E-state index in [0.29, 0.717) is 5.56 Å². The molecule has 0 aliphatic heterocycles. The van der Waals surface area contributed by atoms with Crippen molar-refractivity contribution >= 4 is 26.5 Å². The predicted molar refractivity (Wildman–Crippen MR) is 109 cm³/mol. The zero-order valence-electron chi connectivity index (χ0n) is 14.9. The van der Waals surface area contributed by atoms with Crippen molar-refractivity contribution in [2.75, 3.05) is 0 Å². The van der Waals surface area contributed by atoms with E-state index in [1.165, 1.54) is 10.1 Å². The number of hydrogen-bond acceptors (Lipinski definition) is 2. The molecule has 4 rings (SSSR count). The first kappa shape index (κ1) is 16.8. The molecule has 3 aromatic rings. The molecule has 0 spiro atoms. The summed E-state index contributed by atoms with van der Waals surface area (Å²) in [7, 11) is -0.128. The van der Waals surface area contributed by atoms with Gasteiger partial charge in [-0.1, -0.05) is 36.4 Å². The van der Waals surface area contributed by atoms with Crippen LogP contribution in [0.1, 0.15) is 30.6 Å². The van der Waals surface area contributed by atoms with Gasteiger partial charge in [-0.15, -0.1) is 0 Å². The lowest BCUT2D eigenvalue weighted by molar-refractivity contribution is 0.0146. The maximum absolute atomic E-state index is 12.7. The molecule has 1 aliphatic carbocycles. The third-order valence-corrected chi connectivity index (χ3v) is 6.69. The van der Waals surface area contributed by atoms with E-state index in [-0.39, 0.29) is 16.4 Å². The summed E-state index contributed by atoms with van der Waals surface area (Å²) >= 11 is 0. The first-order valence-electron chi connectivity index (χ1n) is 8.75. The van der Waals surface area contributed by atoms with Crippen molar-refractivity contribution in [1.82, 2.24) is 0 Å². The van der Waals surface area contributed by atoms with Crippen molar-refractivity contribution in [3.8, 4) is 4.90 Å². The molecule has 0 fully saturated rings. The highest BCUT2D eigenvalue weighted by atomic mass is 32.2. The van der Waals surface area contributed by atoms with Crippen LogP contribution in [0.2, 0.25) is 0 Å². The van der Waals surface area contributed by atoms with Gasteiger partial charge >= 0.3 is 5.97 Å². The topological polar surface area (TPSA) is 26.3 Å². The van der Waals surface area contributed by atoms with E-state index in [9.17, 15) is 4.79 Å². The van der Waals surface area contributed by atoms with E-state index in [4.69, 9.17) is 4.74 Å². The predicted octanol–water partition coefficient (Wildman–Crippen LogP) is 6.40. The third-order valence-electron chi connectivity index (χ3n) is 4.68. The van der Waals surface area contributed by atoms with Gasteiger partial charge in [-0.2, -0.15) is 0 Å². The lowest BCUT2D eigenvalue weighted by Crippen LogP contribution is -2.29. The molecule has 0 radical (unpaired) electrons. The van der Waals surface area contributed by atoms with Gasteiger partial charge in [-0.3, -0.25) is 0 Å². The number of esters is 1. The minimum Gasteiger partial charge on any atom is -0.451 e. The molecule has 1 atom stereocenters. The number of benzene rings is 2. The van der Waals surface area contributed by atoms with Crippen molar-refractivity contribution < 1.29 is 9.53 Å². The number of carbonyl (C=O) groups excluding carboxylic acids is 1. The fourth-order valence-corrected chi connectivity index (χ4v) is 5.19. The van der Waals surface area contributed by atoms with Crippen LogP contribution in [0.5, 0.6) is 0 Å². The second kappa shape index (κ2) is 6.58. The first-order chi connectivity index (χ1) is 12.5. The van der Waals surface area contributed by atoms with Crippen molar-refractivity contribution in [2.24, 2.45) is 0 Å².